The third kappa shape index (κ3) is 17.3. The molecular weight excluding hydrogens is 1000 g/mol. The van der Waals surface area contributed by atoms with Crippen molar-refractivity contribution in [3.05, 3.63) is 32.7 Å². The van der Waals surface area contributed by atoms with Crippen LogP contribution in [0.1, 0.15) is 32.2 Å². The fourth-order valence-corrected chi connectivity index (χ4v) is 6.10. The van der Waals surface area contributed by atoms with E-state index in [1.165, 1.54) is 0 Å². The summed E-state index contributed by atoms with van der Waals surface area (Å²) in [7, 11) is 3.68. The van der Waals surface area contributed by atoms with Crippen LogP contribution in [0.4, 0.5) is 67.1 Å². The molecule has 2 aromatic heterocycles. The van der Waals surface area contributed by atoms with Crippen LogP contribution in [0, 0.1) is 0 Å². The summed E-state index contributed by atoms with van der Waals surface area (Å²) in [6.45, 7) is 10.5. The van der Waals surface area contributed by atoms with Crippen LogP contribution in [0.15, 0.2) is 21.3 Å². The first-order chi connectivity index (χ1) is 27.2. The minimum Gasteiger partial charge on any atom is -0.444 e. The van der Waals surface area contributed by atoms with Gasteiger partial charge in [0, 0.05) is 91.1 Å². The molecule has 2 aliphatic rings. The van der Waals surface area contributed by atoms with Crippen molar-refractivity contribution in [3.63, 3.8) is 0 Å². The van der Waals surface area contributed by atoms with Gasteiger partial charge in [-0.15, -0.1) is 0 Å². The lowest BCUT2D eigenvalue weighted by atomic mass is 10.2. The number of rotatable bonds is 6. The number of carbonyl (C=O) groups is 3. The zero-order valence-electron chi connectivity index (χ0n) is 32.1. The molecular formula is C31H39Br2ClF12N8O6. The van der Waals surface area contributed by atoms with E-state index in [0.717, 1.165) is 44.9 Å². The highest BCUT2D eigenvalue weighted by Crippen LogP contribution is 2.37. The van der Waals surface area contributed by atoms with Crippen molar-refractivity contribution in [2.75, 3.05) is 52.4 Å². The van der Waals surface area contributed by atoms with Crippen LogP contribution in [-0.2, 0) is 41.4 Å². The Morgan fingerprint density at radius 3 is 1.18 bits per heavy atom. The first kappa shape index (κ1) is 52.9. The maximum Gasteiger partial charge on any atom is 0.434 e. The maximum absolute atomic E-state index is 12.5. The minimum atomic E-state index is -5.72. The van der Waals surface area contributed by atoms with E-state index in [0.29, 0.717) is 19.6 Å². The van der Waals surface area contributed by atoms with Crippen molar-refractivity contribution in [2.45, 2.75) is 76.4 Å². The zero-order valence-corrected chi connectivity index (χ0v) is 36.0. The number of halogens is 15. The van der Waals surface area contributed by atoms with Gasteiger partial charge >= 0.3 is 42.3 Å². The normalized spacial score (nSPS) is 16.2. The molecule has 0 unspecified atom stereocenters. The van der Waals surface area contributed by atoms with Crippen LogP contribution in [-0.4, -0.2) is 152 Å². The molecule has 0 saturated carbocycles. The van der Waals surface area contributed by atoms with Gasteiger partial charge < -0.3 is 24.0 Å². The average molecular weight is 1040 g/mol. The third-order valence-electron chi connectivity index (χ3n) is 8.04. The van der Waals surface area contributed by atoms with Crippen molar-refractivity contribution in [3.8, 4) is 0 Å². The van der Waals surface area contributed by atoms with Gasteiger partial charge in [-0.1, -0.05) is 0 Å². The molecule has 0 N–H and O–H groups in total. The van der Waals surface area contributed by atoms with Crippen LogP contribution >= 0.6 is 43.5 Å². The van der Waals surface area contributed by atoms with E-state index in [-0.39, 0.29) is 32.3 Å². The smallest absolute Gasteiger partial charge is 0.434 e. The molecule has 0 radical (unpaired) electrons. The number of ether oxygens (including phenoxy) is 3. The molecule has 60 heavy (non-hydrogen) atoms. The summed E-state index contributed by atoms with van der Waals surface area (Å²) in [5.41, 5.74) is -0.594. The molecule has 2 fully saturated rings. The SMILES string of the molecule is Cn1ncc(Br)c1CN1CCN(C(=O)OC(C(F)(F)F)C(F)(F)F)CC1.Cn1ncc(Br)c1CN1CCN(C(=O)OC(C)(C)C)CC1.O=C(Cl)OC(C(F)(F)F)C(F)(F)F. The zero-order chi connectivity index (χ0) is 46.2. The summed E-state index contributed by atoms with van der Waals surface area (Å²) >= 11 is 11.1. The number of piperazine rings is 2. The first-order valence-electron chi connectivity index (χ1n) is 17.0. The fraction of sp³-hybridized carbons (Fsp3) is 0.710. The van der Waals surface area contributed by atoms with Crippen molar-refractivity contribution in [1.29, 1.82) is 0 Å². The van der Waals surface area contributed by atoms with Gasteiger partial charge in [-0.3, -0.25) is 19.2 Å². The Balaban J connectivity index is 0.000000328. The van der Waals surface area contributed by atoms with E-state index >= 15 is 0 Å². The molecule has 344 valence electrons. The largest absolute Gasteiger partial charge is 0.444 e. The van der Waals surface area contributed by atoms with Crippen LogP contribution in [0.5, 0.6) is 0 Å². The van der Waals surface area contributed by atoms with Crippen LogP contribution in [0.3, 0.4) is 0 Å². The Bertz CT molecular complexity index is 1650. The van der Waals surface area contributed by atoms with E-state index in [1.807, 2.05) is 43.6 Å². The number of alkyl halides is 12. The average Bonchev–Trinajstić information content (AvgIpc) is 3.58. The molecule has 2 aliphatic heterocycles. The highest BCUT2D eigenvalue weighted by atomic mass is 79.9. The number of aromatic nitrogens is 4. The maximum atomic E-state index is 12.5. The summed E-state index contributed by atoms with van der Waals surface area (Å²) in [6, 6.07) is 0. The predicted molar refractivity (Wildman–Crippen MR) is 192 cm³/mol. The fourth-order valence-electron chi connectivity index (χ4n) is 5.06. The van der Waals surface area contributed by atoms with Crippen LogP contribution in [0.2, 0.25) is 0 Å². The van der Waals surface area contributed by atoms with E-state index in [9.17, 15) is 67.1 Å². The number of hydrogen-bond donors (Lipinski definition) is 0. The van der Waals surface area contributed by atoms with Gasteiger partial charge in [0.1, 0.15) is 5.60 Å². The molecule has 14 nitrogen and oxygen atoms in total. The second kappa shape index (κ2) is 21.2. The van der Waals surface area contributed by atoms with E-state index in [4.69, 9.17) is 4.74 Å². The molecule has 4 heterocycles. The number of carbonyl (C=O) groups excluding carboxylic acids is 3. The van der Waals surface area contributed by atoms with Crippen molar-refractivity contribution >= 4 is 61.1 Å². The van der Waals surface area contributed by atoms with Gasteiger partial charge in [0.2, 0.25) is 0 Å². The topological polar surface area (TPSA) is 128 Å². The van der Waals surface area contributed by atoms with E-state index in [1.54, 1.807) is 22.8 Å². The van der Waals surface area contributed by atoms with Crippen molar-refractivity contribution in [1.82, 2.24) is 39.2 Å². The van der Waals surface area contributed by atoms with Gasteiger partial charge in [-0.25, -0.2) is 14.4 Å². The molecule has 0 aromatic carbocycles. The van der Waals surface area contributed by atoms with Gasteiger partial charge in [0.15, 0.2) is 0 Å². The second-order valence-corrected chi connectivity index (χ2v) is 15.8. The molecule has 29 heteroatoms. The minimum absolute atomic E-state index is 0.0449. The Hall–Kier alpha value is -3.24. The number of hydrogen-bond acceptors (Lipinski definition) is 10. The van der Waals surface area contributed by atoms with Gasteiger partial charge in [0.25, 0.3) is 12.2 Å². The predicted octanol–water partition coefficient (Wildman–Crippen LogP) is 8.02. The first-order valence-corrected chi connectivity index (χ1v) is 19.0. The number of nitrogens with zero attached hydrogens (tertiary/aromatic N) is 8. The lowest BCUT2D eigenvalue weighted by Gasteiger charge is -2.35. The van der Waals surface area contributed by atoms with Gasteiger partial charge in [0.05, 0.1) is 32.7 Å². The number of amides is 2. The highest BCUT2D eigenvalue weighted by molar-refractivity contribution is 9.10. The Kier molecular flexibility index (Phi) is 18.7. The lowest BCUT2D eigenvalue weighted by molar-refractivity contribution is -0.308. The molecule has 2 amide bonds. The van der Waals surface area contributed by atoms with Crippen molar-refractivity contribution < 1.29 is 81.3 Å². The highest BCUT2D eigenvalue weighted by Gasteiger charge is 2.61. The lowest BCUT2D eigenvalue weighted by Crippen LogP contribution is -2.52. The van der Waals surface area contributed by atoms with E-state index < -0.39 is 54.0 Å². The van der Waals surface area contributed by atoms with Crippen LogP contribution < -0.4 is 0 Å². The van der Waals surface area contributed by atoms with Gasteiger partial charge in [-0.2, -0.15) is 62.9 Å². The number of aryl methyl sites for hydroxylation is 2. The molecule has 0 spiro atoms. The summed E-state index contributed by atoms with van der Waals surface area (Å²) < 4.78 is 161. The van der Waals surface area contributed by atoms with Crippen molar-refractivity contribution in [2.24, 2.45) is 14.1 Å². The summed E-state index contributed by atoms with van der Waals surface area (Å²) in [5.74, 6) is 0. The standard InChI is InChI=1S/C14H23BrN4O2.C13H15BrF6N4O2.C4HClF6O2/c1-14(2,3)21-13(20)19-7-5-18(6-8-19)10-12-11(15)9-16-17(12)4;1-22-9(8(14)6-21-22)7-23-2-4-24(5-3-23)11(25)26-10(12(15,16)17)13(18,19)20;5-2(12)13-1(3(6,7)8)4(9,10)11/h9H,5-8,10H2,1-4H3;6,10H,2-5,7H2,1H3;1H. The second-order valence-electron chi connectivity index (χ2n) is 13.8. The summed E-state index contributed by atoms with van der Waals surface area (Å²) in [5, 5.41) is 8.27. The van der Waals surface area contributed by atoms with E-state index in [2.05, 4.69) is 68.0 Å². The quantitative estimate of drug-likeness (QED) is 0.160. The molecule has 0 bridgehead atoms. The summed E-state index contributed by atoms with van der Waals surface area (Å²) in [4.78, 5) is 40.2. The molecule has 4 rings (SSSR count). The summed E-state index contributed by atoms with van der Waals surface area (Å²) in [6.07, 6.45) is -29.6. The Morgan fingerprint density at radius 2 is 0.933 bits per heavy atom. The third-order valence-corrected chi connectivity index (χ3v) is 9.45. The monoisotopic (exact) mass is 1040 g/mol. The Labute approximate surface area is 356 Å². The Morgan fingerprint density at radius 1 is 0.617 bits per heavy atom. The van der Waals surface area contributed by atoms with Gasteiger partial charge in [-0.05, 0) is 52.6 Å². The molecule has 0 aliphatic carbocycles. The van der Waals surface area contributed by atoms with Crippen LogP contribution in [0.25, 0.3) is 0 Å². The molecule has 2 aromatic rings. The molecule has 0 atom stereocenters. The molecule has 2 saturated heterocycles.